The van der Waals surface area contributed by atoms with Gasteiger partial charge in [0.25, 0.3) is 0 Å². The van der Waals surface area contributed by atoms with Crippen LogP contribution >= 0.6 is 15.9 Å². The summed E-state index contributed by atoms with van der Waals surface area (Å²) >= 11 is 3.56. The highest BCUT2D eigenvalue weighted by atomic mass is 79.9. The molecule has 0 radical (unpaired) electrons. The van der Waals surface area contributed by atoms with Crippen LogP contribution in [0.15, 0.2) is 4.47 Å². The standard InChI is InChI=1S/C12H20BrN3/c1-5-8(4)11-15-9(6-2)10(13)12(16-11)14-7-3/h8H,5-7H2,1-4H3,(H,14,15,16). The molecule has 1 rings (SSSR count). The van der Waals surface area contributed by atoms with Crippen molar-refractivity contribution in [3.8, 4) is 0 Å². The van der Waals surface area contributed by atoms with Crippen molar-refractivity contribution in [1.82, 2.24) is 9.97 Å². The maximum absolute atomic E-state index is 4.61. The fraction of sp³-hybridized carbons (Fsp3) is 0.667. The predicted molar refractivity (Wildman–Crippen MR) is 72.0 cm³/mol. The van der Waals surface area contributed by atoms with Crippen LogP contribution in [0.2, 0.25) is 0 Å². The van der Waals surface area contributed by atoms with Gasteiger partial charge in [-0.05, 0) is 35.7 Å². The molecule has 1 atom stereocenters. The number of aromatic nitrogens is 2. The molecule has 1 N–H and O–H groups in total. The lowest BCUT2D eigenvalue weighted by Gasteiger charge is -2.14. The average molecular weight is 286 g/mol. The van der Waals surface area contributed by atoms with Gasteiger partial charge in [0, 0.05) is 12.5 Å². The fourth-order valence-corrected chi connectivity index (χ4v) is 2.03. The molecule has 0 aliphatic rings. The monoisotopic (exact) mass is 285 g/mol. The van der Waals surface area contributed by atoms with E-state index in [1.807, 2.05) is 0 Å². The molecule has 4 heteroatoms. The van der Waals surface area contributed by atoms with E-state index in [1.54, 1.807) is 0 Å². The highest BCUT2D eigenvalue weighted by Crippen LogP contribution is 2.26. The van der Waals surface area contributed by atoms with Crippen molar-refractivity contribution in [2.24, 2.45) is 0 Å². The van der Waals surface area contributed by atoms with Crippen molar-refractivity contribution < 1.29 is 0 Å². The molecule has 1 aromatic rings. The van der Waals surface area contributed by atoms with Crippen molar-refractivity contribution in [2.75, 3.05) is 11.9 Å². The van der Waals surface area contributed by atoms with Crippen LogP contribution in [0.5, 0.6) is 0 Å². The average Bonchev–Trinajstić information content (AvgIpc) is 2.31. The lowest BCUT2D eigenvalue weighted by molar-refractivity contribution is 0.671. The molecule has 16 heavy (non-hydrogen) atoms. The molecule has 1 unspecified atom stereocenters. The van der Waals surface area contributed by atoms with Gasteiger partial charge in [-0.1, -0.05) is 20.8 Å². The predicted octanol–water partition coefficient (Wildman–Crippen LogP) is 3.75. The number of hydrogen-bond donors (Lipinski definition) is 1. The minimum Gasteiger partial charge on any atom is -0.369 e. The number of nitrogens with zero attached hydrogens (tertiary/aromatic N) is 2. The third-order valence-corrected chi connectivity index (χ3v) is 3.50. The van der Waals surface area contributed by atoms with Gasteiger partial charge in [0.1, 0.15) is 11.6 Å². The Labute approximate surface area is 106 Å². The van der Waals surface area contributed by atoms with E-state index in [1.165, 1.54) is 0 Å². The van der Waals surface area contributed by atoms with Crippen molar-refractivity contribution in [3.05, 3.63) is 16.0 Å². The first-order valence-electron chi connectivity index (χ1n) is 5.94. The molecule has 0 amide bonds. The van der Waals surface area contributed by atoms with Crippen LogP contribution in [0, 0.1) is 0 Å². The van der Waals surface area contributed by atoms with Crippen LogP contribution in [-0.4, -0.2) is 16.5 Å². The summed E-state index contributed by atoms with van der Waals surface area (Å²) in [6.07, 6.45) is 1.99. The zero-order valence-corrected chi connectivity index (χ0v) is 12.1. The maximum Gasteiger partial charge on any atom is 0.144 e. The Kier molecular flexibility index (Phi) is 5.19. The first kappa shape index (κ1) is 13.4. The molecule has 0 fully saturated rings. The highest BCUT2D eigenvalue weighted by Gasteiger charge is 2.13. The van der Waals surface area contributed by atoms with Gasteiger partial charge in [-0.25, -0.2) is 9.97 Å². The zero-order valence-electron chi connectivity index (χ0n) is 10.5. The molecule has 0 spiro atoms. The maximum atomic E-state index is 4.61. The molecule has 0 aliphatic heterocycles. The van der Waals surface area contributed by atoms with Crippen LogP contribution in [0.1, 0.15) is 51.6 Å². The molecular weight excluding hydrogens is 266 g/mol. The second kappa shape index (κ2) is 6.18. The Morgan fingerprint density at radius 1 is 1.25 bits per heavy atom. The van der Waals surface area contributed by atoms with Gasteiger partial charge < -0.3 is 5.32 Å². The number of aryl methyl sites for hydroxylation is 1. The van der Waals surface area contributed by atoms with E-state index in [4.69, 9.17) is 0 Å². The third-order valence-electron chi connectivity index (χ3n) is 2.67. The Bertz CT molecular complexity index is 352. The first-order valence-corrected chi connectivity index (χ1v) is 6.73. The van der Waals surface area contributed by atoms with Crippen molar-refractivity contribution in [1.29, 1.82) is 0 Å². The first-order chi connectivity index (χ1) is 7.63. The molecule has 0 aliphatic carbocycles. The molecule has 0 saturated carbocycles. The number of halogens is 1. The molecule has 3 nitrogen and oxygen atoms in total. The molecule has 90 valence electrons. The normalized spacial score (nSPS) is 12.6. The van der Waals surface area contributed by atoms with Crippen LogP contribution in [0.4, 0.5) is 5.82 Å². The van der Waals surface area contributed by atoms with E-state index in [2.05, 4.69) is 58.9 Å². The van der Waals surface area contributed by atoms with Crippen LogP contribution in [0.25, 0.3) is 0 Å². The zero-order chi connectivity index (χ0) is 12.1. The summed E-state index contributed by atoms with van der Waals surface area (Å²) in [6.45, 7) is 9.39. The second-order valence-corrected chi connectivity index (χ2v) is 4.68. The lowest BCUT2D eigenvalue weighted by Crippen LogP contribution is -2.09. The Morgan fingerprint density at radius 2 is 1.94 bits per heavy atom. The SMILES string of the molecule is CCNc1nc(C(C)CC)nc(CC)c1Br. The summed E-state index contributed by atoms with van der Waals surface area (Å²) in [5.41, 5.74) is 1.08. The summed E-state index contributed by atoms with van der Waals surface area (Å²) in [7, 11) is 0. The molecule has 1 aromatic heterocycles. The number of rotatable bonds is 5. The topological polar surface area (TPSA) is 37.8 Å². The van der Waals surface area contributed by atoms with Gasteiger partial charge in [0.2, 0.25) is 0 Å². The van der Waals surface area contributed by atoms with Crippen molar-refractivity contribution >= 4 is 21.7 Å². The summed E-state index contributed by atoms with van der Waals surface area (Å²) in [5, 5.41) is 3.27. The van der Waals surface area contributed by atoms with E-state index in [0.29, 0.717) is 5.92 Å². The number of anilines is 1. The van der Waals surface area contributed by atoms with Gasteiger partial charge in [-0.15, -0.1) is 0 Å². The summed E-state index contributed by atoms with van der Waals surface area (Å²) in [4.78, 5) is 9.18. The summed E-state index contributed by atoms with van der Waals surface area (Å²) in [6, 6.07) is 0. The van der Waals surface area contributed by atoms with Crippen molar-refractivity contribution in [3.63, 3.8) is 0 Å². The Hall–Kier alpha value is -0.640. The molecule has 1 heterocycles. The van der Waals surface area contributed by atoms with E-state index in [9.17, 15) is 0 Å². The van der Waals surface area contributed by atoms with Crippen LogP contribution in [-0.2, 0) is 6.42 Å². The quantitative estimate of drug-likeness (QED) is 0.895. The van der Waals surface area contributed by atoms with E-state index in [0.717, 1.165) is 41.2 Å². The van der Waals surface area contributed by atoms with Gasteiger partial charge >= 0.3 is 0 Å². The second-order valence-electron chi connectivity index (χ2n) is 3.88. The van der Waals surface area contributed by atoms with E-state index < -0.39 is 0 Å². The third kappa shape index (κ3) is 2.94. The molecular formula is C12H20BrN3. The number of hydrogen-bond acceptors (Lipinski definition) is 3. The van der Waals surface area contributed by atoms with Gasteiger partial charge in [0.15, 0.2) is 0 Å². The van der Waals surface area contributed by atoms with Gasteiger partial charge in [0.05, 0.1) is 10.2 Å². The minimum absolute atomic E-state index is 0.413. The lowest BCUT2D eigenvalue weighted by atomic mass is 10.1. The fourth-order valence-electron chi connectivity index (χ4n) is 1.43. The molecule has 0 aromatic carbocycles. The molecule has 0 bridgehead atoms. The smallest absolute Gasteiger partial charge is 0.144 e. The highest BCUT2D eigenvalue weighted by molar-refractivity contribution is 9.10. The van der Waals surface area contributed by atoms with Gasteiger partial charge in [-0.2, -0.15) is 0 Å². The van der Waals surface area contributed by atoms with Crippen LogP contribution < -0.4 is 5.32 Å². The van der Waals surface area contributed by atoms with E-state index in [-0.39, 0.29) is 0 Å². The minimum atomic E-state index is 0.413. The Morgan fingerprint density at radius 3 is 2.44 bits per heavy atom. The summed E-state index contributed by atoms with van der Waals surface area (Å²) in [5.74, 6) is 2.28. The largest absolute Gasteiger partial charge is 0.369 e. The summed E-state index contributed by atoms with van der Waals surface area (Å²) < 4.78 is 1.00. The van der Waals surface area contributed by atoms with Crippen molar-refractivity contribution in [2.45, 2.75) is 46.5 Å². The van der Waals surface area contributed by atoms with Gasteiger partial charge in [-0.3, -0.25) is 0 Å². The number of nitrogens with one attached hydrogen (secondary N) is 1. The Balaban J connectivity index is 3.17. The molecule has 0 saturated heterocycles. The van der Waals surface area contributed by atoms with E-state index >= 15 is 0 Å². The van der Waals surface area contributed by atoms with Crippen LogP contribution in [0.3, 0.4) is 0 Å².